The lowest BCUT2D eigenvalue weighted by Gasteiger charge is -2.12. The Morgan fingerprint density at radius 2 is 2.12 bits per heavy atom. The number of carbonyl (C=O) groups is 2. The number of amides is 1. The van der Waals surface area contributed by atoms with Gasteiger partial charge in [-0.1, -0.05) is 18.2 Å². The molecule has 26 heavy (non-hydrogen) atoms. The van der Waals surface area contributed by atoms with E-state index in [0.717, 1.165) is 23.1 Å². The van der Waals surface area contributed by atoms with Gasteiger partial charge < -0.3 is 14.8 Å². The molecule has 0 radical (unpaired) electrons. The normalized spacial score (nSPS) is 16.5. The summed E-state index contributed by atoms with van der Waals surface area (Å²) in [6, 6.07) is 6.06. The summed E-state index contributed by atoms with van der Waals surface area (Å²) in [6.45, 7) is 6.73. The first-order valence-electron chi connectivity index (χ1n) is 8.80. The summed E-state index contributed by atoms with van der Waals surface area (Å²) in [5.74, 6) is -0.633. The molecule has 2 aromatic rings. The fourth-order valence-corrected chi connectivity index (χ4v) is 3.91. The Hall–Kier alpha value is -2.18. The summed E-state index contributed by atoms with van der Waals surface area (Å²) in [7, 11) is 0. The highest BCUT2D eigenvalue weighted by Gasteiger charge is 2.27. The van der Waals surface area contributed by atoms with Gasteiger partial charge in [-0.3, -0.25) is 4.79 Å². The zero-order valence-electron chi connectivity index (χ0n) is 15.3. The molecule has 0 spiro atoms. The molecular formula is C20H23NO4S. The van der Waals surface area contributed by atoms with Crippen molar-refractivity contribution >= 4 is 28.2 Å². The number of ether oxygens (including phenoxy) is 2. The van der Waals surface area contributed by atoms with Gasteiger partial charge in [0, 0.05) is 17.6 Å². The molecule has 1 aromatic carbocycles. The minimum Gasteiger partial charge on any atom is -0.462 e. The van der Waals surface area contributed by atoms with Crippen LogP contribution < -0.4 is 5.32 Å². The van der Waals surface area contributed by atoms with Gasteiger partial charge in [0.2, 0.25) is 0 Å². The number of esters is 1. The second kappa shape index (κ2) is 8.01. The van der Waals surface area contributed by atoms with Gasteiger partial charge in [-0.2, -0.15) is 0 Å². The topological polar surface area (TPSA) is 64.6 Å². The van der Waals surface area contributed by atoms with Crippen LogP contribution in [0.15, 0.2) is 23.6 Å². The molecule has 6 heteroatoms. The molecule has 0 aliphatic carbocycles. The number of aryl methyl sites for hydroxylation is 2. The number of hydrogen-bond acceptors (Lipinski definition) is 5. The van der Waals surface area contributed by atoms with Crippen molar-refractivity contribution in [3.8, 4) is 11.1 Å². The van der Waals surface area contributed by atoms with Crippen LogP contribution >= 0.6 is 11.3 Å². The second-order valence-electron chi connectivity index (χ2n) is 6.36. The number of anilines is 1. The van der Waals surface area contributed by atoms with Crippen LogP contribution in [0.25, 0.3) is 11.1 Å². The Bertz CT molecular complexity index is 821. The molecule has 3 rings (SSSR count). The van der Waals surface area contributed by atoms with E-state index < -0.39 is 12.1 Å². The van der Waals surface area contributed by atoms with Crippen molar-refractivity contribution in [2.24, 2.45) is 0 Å². The summed E-state index contributed by atoms with van der Waals surface area (Å²) in [5, 5.41) is 5.26. The van der Waals surface area contributed by atoms with E-state index in [9.17, 15) is 9.59 Å². The lowest BCUT2D eigenvalue weighted by Crippen LogP contribution is -2.27. The van der Waals surface area contributed by atoms with E-state index in [2.05, 4.69) is 5.32 Å². The van der Waals surface area contributed by atoms with E-state index in [1.165, 1.54) is 16.9 Å². The molecule has 1 aliphatic heterocycles. The van der Waals surface area contributed by atoms with Gasteiger partial charge in [-0.15, -0.1) is 11.3 Å². The molecule has 1 aromatic heterocycles. The van der Waals surface area contributed by atoms with Crippen LogP contribution in [0.4, 0.5) is 5.00 Å². The predicted molar refractivity (Wildman–Crippen MR) is 103 cm³/mol. The predicted octanol–water partition coefficient (Wildman–Crippen LogP) is 4.33. The zero-order valence-corrected chi connectivity index (χ0v) is 16.1. The van der Waals surface area contributed by atoms with E-state index in [1.54, 1.807) is 6.92 Å². The molecule has 0 bridgehead atoms. The molecule has 1 fully saturated rings. The third-order valence-corrected chi connectivity index (χ3v) is 5.44. The minimum atomic E-state index is -0.447. The smallest absolute Gasteiger partial charge is 0.341 e. The van der Waals surface area contributed by atoms with Gasteiger partial charge in [0.25, 0.3) is 5.91 Å². The van der Waals surface area contributed by atoms with Gasteiger partial charge in [0.05, 0.1) is 6.61 Å². The number of carbonyl (C=O) groups excluding carboxylic acids is 2. The maximum atomic E-state index is 12.6. The lowest BCUT2D eigenvalue weighted by atomic mass is 9.99. The highest BCUT2D eigenvalue weighted by Crippen LogP contribution is 2.37. The highest BCUT2D eigenvalue weighted by atomic mass is 32.1. The fraction of sp³-hybridized carbons (Fsp3) is 0.400. The molecule has 1 unspecified atom stereocenters. The Morgan fingerprint density at radius 1 is 1.31 bits per heavy atom. The molecule has 1 atom stereocenters. The van der Waals surface area contributed by atoms with Crippen LogP contribution in [0, 0.1) is 13.8 Å². The van der Waals surface area contributed by atoms with Gasteiger partial charge in [0.15, 0.2) is 0 Å². The Kier molecular flexibility index (Phi) is 5.74. The highest BCUT2D eigenvalue weighted by molar-refractivity contribution is 7.15. The first-order valence-corrected chi connectivity index (χ1v) is 9.68. The molecule has 1 N–H and O–H groups in total. The van der Waals surface area contributed by atoms with E-state index >= 15 is 0 Å². The third-order valence-electron chi connectivity index (χ3n) is 4.55. The quantitative estimate of drug-likeness (QED) is 0.793. The number of nitrogens with one attached hydrogen (secondary N) is 1. The first-order chi connectivity index (χ1) is 12.5. The summed E-state index contributed by atoms with van der Waals surface area (Å²) in [6.07, 6.45) is 1.13. The monoisotopic (exact) mass is 373 g/mol. The Labute approximate surface area is 157 Å². The van der Waals surface area contributed by atoms with Crippen molar-refractivity contribution in [1.82, 2.24) is 0 Å². The molecule has 138 valence electrons. The van der Waals surface area contributed by atoms with Gasteiger partial charge in [-0.05, 0) is 50.3 Å². The Morgan fingerprint density at radius 3 is 2.77 bits per heavy atom. The van der Waals surface area contributed by atoms with E-state index in [0.29, 0.717) is 23.6 Å². The van der Waals surface area contributed by atoms with Crippen molar-refractivity contribution in [2.75, 3.05) is 18.5 Å². The summed E-state index contributed by atoms with van der Waals surface area (Å²) in [5.41, 5.74) is 4.46. The second-order valence-corrected chi connectivity index (χ2v) is 7.24. The zero-order chi connectivity index (χ0) is 18.7. The summed E-state index contributed by atoms with van der Waals surface area (Å²) >= 11 is 1.33. The SMILES string of the molecule is CCOC(=O)c1c(-c2ccc(C)c(C)c2)csc1NC(=O)C1CCCO1. The summed E-state index contributed by atoms with van der Waals surface area (Å²) in [4.78, 5) is 25.0. The molecule has 0 saturated carbocycles. The lowest BCUT2D eigenvalue weighted by molar-refractivity contribution is -0.124. The van der Waals surface area contributed by atoms with Crippen LogP contribution in [0.2, 0.25) is 0 Å². The van der Waals surface area contributed by atoms with Crippen LogP contribution in [0.5, 0.6) is 0 Å². The largest absolute Gasteiger partial charge is 0.462 e. The van der Waals surface area contributed by atoms with Gasteiger partial charge in [0.1, 0.15) is 16.7 Å². The van der Waals surface area contributed by atoms with Crippen LogP contribution in [-0.4, -0.2) is 31.2 Å². The van der Waals surface area contributed by atoms with Gasteiger partial charge >= 0.3 is 5.97 Å². The third kappa shape index (κ3) is 3.81. The van der Waals surface area contributed by atoms with E-state index in [-0.39, 0.29) is 12.5 Å². The molecule has 2 heterocycles. The minimum absolute atomic E-state index is 0.207. The van der Waals surface area contributed by atoms with E-state index in [1.807, 2.05) is 37.4 Å². The summed E-state index contributed by atoms with van der Waals surface area (Å²) < 4.78 is 10.7. The van der Waals surface area contributed by atoms with Crippen molar-refractivity contribution in [3.05, 3.63) is 40.3 Å². The molecule has 5 nitrogen and oxygen atoms in total. The first kappa shape index (κ1) is 18.6. The van der Waals surface area contributed by atoms with Crippen LogP contribution in [-0.2, 0) is 14.3 Å². The standard InChI is InChI=1S/C20H23NO4S/c1-4-24-20(23)17-15(14-8-7-12(2)13(3)10-14)11-26-19(17)21-18(22)16-6-5-9-25-16/h7-8,10-11,16H,4-6,9H2,1-3H3,(H,21,22). The number of rotatable bonds is 5. The van der Waals surface area contributed by atoms with Crippen LogP contribution in [0.1, 0.15) is 41.3 Å². The average molecular weight is 373 g/mol. The van der Waals surface area contributed by atoms with E-state index in [4.69, 9.17) is 9.47 Å². The Balaban J connectivity index is 1.96. The number of hydrogen-bond donors (Lipinski definition) is 1. The molecular weight excluding hydrogens is 350 g/mol. The maximum Gasteiger partial charge on any atom is 0.341 e. The fourth-order valence-electron chi connectivity index (χ4n) is 2.95. The number of thiophene rings is 1. The van der Waals surface area contributed by atoms with Crippen molar-refractivity contribution < 1.29 is 19.1 Å². The molecule has 1 amide bonds. The maximum absolute atomic E-state index is 12.6. The average Bonchev–Trinajstić information content (AvgIpc) is 3.27. The molecule has 1 saturated heterocycles. The molecule has 1 aliphatic rings. The van der Waals surface area contributed by atoms with Crippen LogP contribution in [0.3, 0.4) is 0 Å². The van der Waals surface area contributed by atoms with Crippen molar-refractivity contribution in [1.29, 1.82) is 0 Å². The van der Waals surface area contributed by atoms with Gasteiger partial charge in [-0.25, -0.2) is 4.79 Å². The number of benzene rings is 1. The van der Waals surface area contributed by atoms with Crippen molar-refractivity contribution in [2.45, 2.75) is 39.7 Å². The van der Waals surface area contributed by atoms with Crippen molar-refractivity contribution in [3.63, 3.8) is 0 Å².